The lowest BCUT2D eigenvalue weighted by molar-refractivity contribution is -0.142. The molecule has 21 heavy (non-hydrogen) atoms. The smallest absolute Gasteiger partial charge is 0.311 e. The Kier molecular flexibility index (Phi) is 4.63. The van der Waals surface area contributed by atoms with E-state index in [1.807, 2.05) is 12.1 Å². The van der Waals surface area contributed by atoms with E-state index in [4.69, 9.17) is 9.84 Å². The van der Waals surface area contributed by atoms with Crippen LogP contribution in [0.3, 0.4) is 0 Å². The van der Waals surface area contributed by atoms with Crippen molar-refractivity contribution in [3.8, 4) is 0 Å². The predicted molar refractivity (Wildman–Crippen MR) is 78.4 cm³/mol. The minimum Gasteiger partial charge on any atom is -0.481 e. The van der Waals surface area contributed by atoms with Crippen molar-refractivity contribution in [3.05, 3.63) is 35.4 Å². The number of hydrogen-bond donors (Lipinski definition) is 1. The van der Waals surface area contributed by atoms with E-state index in [-0.39, 0.29) is 19.1 Å². The normalized spacial score (nSPS) is 21.5. The van der Waals surface area contributed by atoms with Gasteiger partial charge in [-0.1, -0.05) is 26.0 Å². The fourth-order valence-electron chi connectivity index (χ4n) is 2.53. The molecule has 1 heterocycles. The van der Waals surface area contributed by atoms with E-state index in [1.165, 1.54) is 10.5 Å². The highest BCUT2D eigenvalue weighted by molar-refractivity contribution is 5.94. The van der Waals surface area contributed by atoms with Crippen molar-refractivity contribution in [2.45, 2.75) is 25.8 Å². The van der Waals surface area contributed by atoms with Gasteiger partial charge in [-0.2, -0.15) is 0 Å². The number of hydrogen-bond acceptors (Lipinski definition) is 3. The van der Waals surface area contributed by atoms with E-state index in [1.54, 1.807) is 19.2 Å². The molecule has 1 aliphatic heterocycles. The number of ether oxygens (including phenoxy) is 1. The van der Waals surface area contributed by atoms with Crippen molar-refractivity contribution in [1.29, 1.82) is 0 Å². The monoisotopic (exact) mass is 291 g/mol. The lowest BCUT2D eigenvalue weighted by Crippen LogP contribution is -2.44. The molecule has 0 aromatic heterocycles. The topological polar surface area (TPSA) is 66.8 Å². The lowest BCUT2D eigenvalue weighted by Gasteiger charge is -2.26. The van der Waals surface area contributed by atoms with Gasteiger partial charge in [-0.25, -0.2) is 0 Å². The SMILES string of the molecule is CC(C)c1ccc(C(=O)N(C)C2COCC2C(=O)O)cc1. The van der Waals surface area contributed by atoms with Gasteiger partial charge in [-0.05, 0) is 23.6 Å². The van der Waals surface area contributed by atoms with E-state index < -0.39 is 17.9 Å². The van der Waals surface area contributed by atoms with Gasteiger partial charge in [0, 0.05) is 12.6 Å². The average molecular weight is 291 g/mol. The first-order valence-electron chi connectivity index (χ1n) is 7.09. The zero-order valence-corrected chi connectivity index (χ0v) is 12.6. The molecule has 0 radical (unpaired) electrons. The molecule has 1 aliphatic rings. The lowest BCUT2D eigenvalue weighted by atomic mass is 10.00. The fourth-order valence-corrected chi connectivity index (χ4v) is 2.53. The molecule has 1 saturated heterocycles. The Labute approximate surface area is 124 Å². The van der Waals surface area contributed by atoms with Crippen LogP contribution in [0.2, 0.25) is 0 Å². The van der Waals surface area contributed by atoms with Crippen molar-refractivity contribution in [2.24, 2.45) is 5.92 Å². The van der Waals surface area contributed by atoms with E-state index in [0.717, 1.165) is 0 Å². The van der Waals surface area contributed by atoms with Crippen LogP contribution >= 0.6 is 0 Å². The number of likely N-dealkylation sites (N-methyl/N-ethyl adjacent to an activating group) is 1. The molecule has 114 valence electrons. The maximum Gasteiger partial charge on any atom is 0.311 e. The number of carbonyl (C=O) groups is 2. The van der Waals surface area contributed by atoms with Gasteiger partial charge >= 0.3 is 5.97 Å². The third-order valence-electron chi connectivity index (χ3n) is 4.01. The van der Waals surface area contributed by atoms with E-state index >= 15 is 0 Å². The Morgan fingerprint density at radius 2 is 1.86 bits per heavy atom. The van der Waals surface area contributed by atoms with Gasteiger partial charge in [0.05, 0.1) is 19.3 Å². The molecule has 1 fully saturated rings. The summed E-state index contributed by atoms with van der Waals surface area (Å²) >= 11 is 0. The fraction of sp³-hybridized carbons (Fsp3) is 0.500. The van der Waals surface area contributed by atoms with Gasteiger partial charge < -0.3 is 14.7 Å². The first-order valence-corrected chi connectivity index (χ1v) is 7.09. The molecule has 1 amide bonds. The molecule has 1 aromatic carbocycles. The second kappa shape index (κ2) is 6.26. The Bertz CT molecular complexity index is 524. The van der Waals surface area contributed by atoms with Crippen LogP contribution in [0.5, 0.6) is 0 Å². The van der Waals surface area contributed by atoms with Crippen LogP contribution in [-0.2, 0) is 9.53 Å². The molecule has 0 saturated carbocycles. The highest BCUT2D eigenvalue weighted by atomic mass is 16.5. The van der Waals surface area contributed by atoms with Gasteiger partial charge in [0.15, 0.2) is 0 Å². The van der Waals surface area contributed by atoms with Crippen LogP contribution < -0.4 is 0 Å². The van der Waals surface area contributed by atoms with Gasteiger partial charge in [0.25, 0.3) is 5.91 Å². The molecule has 5 nitrogen and oxygen atoms in total. The molecule has 2 rings (SSSR count). The van der Waals surface area contributed by atoms with Crippen molar-refractivity contribution < 1.29 is 19.4 Å². The summed E-state index contributed by atoms with van der Waals surface area (Å²) in [5.41, 5.74) is 1.74. The second-order valence-electron chi connectivity index (χ2n) is 5.74. The number of amides is 1. The summed E-state index contributed by atoms with van der Waals surface area (Å²) in [4.78, 5) is 25.1. The molecule has 1 aromatic rings. The second-order valence-corrected chi connectivity index (χ2v) is 5.74. The van der Waals surface area contributed by atoms with Gasteiger partial charge in [0.1, 0.15) is 5.92 Å². The van der Waals surface area contributed by atoms with Crippen LogP contribution in [0, 0.1) is 5.92 Å². The quantitative estimate of drug-likeness (QED) is 0.921. The summed E-state index contributed by atoms with van der Waals surface area (Å²) in [6.45, 7) is 4.61. The van der Waals surface area contributed by atoms with Gasteiger partial charge in [-0.15, -0.1) is 0 Å². The molecule has 5 heteroatoms. The van der Waals surface area contributed by atoms with Gasteiger partial charge in [0.2, 0.25) is 0 Å². The highest BCUT2D eigenvalue weighted by Gasteiger charge is 2.38. The van der Waals surface area contributed by atoms with Crippen LogP contribution in [0.4, 0.5) is 0 Å². The van der Waals surface area contributed by atoms with E-state index in [9.17, 15) is 9.59 Å². The molecule has 0 spiro atoms. The molecular formula is C16H21NO4. The van der Waals surface area contributed by atoms with Crippen LogP contribution in [-0.4, -0.2) is 48.2 Å². The molecule has 0 aliphatic carbocycles. The van der Waals surface area contributed by atoms with Crippen molar-refractivity contribution in [2.75, 3.05) is 20.3 Å². The van der Waals surface area contributed by atoms with Crippen molar-refractivity contribution in [3.63, 3.8) is 0 Å². The largest absolute Gasteiger partial charge is 0.481 e. The maximum atomic E-state index is 12.5. The third kappa shape index (κ3) is 3.24. The van der Waals surface area contributed by atoms with Crippen LogP contribution in [0.1, 0.15) is 35.7 Å². The van der Waals surface area contributed by atoms with Crippen LogP contribution in [0.15, 0.2) is 24.3 Å². The highest BCUT2D eigenvalue weighted by Crippen LogP contribution is 2.21. The summed E-state index contributed by atoms with van der Waals surface area (Å²) in [7, 11) is 1.63. The molecular weight excluding hydrogens is 270 g/mol. The number of carboxylic acid groups (broad SMARTS) is 1. The zero-order chi connectivity index (χ0) is 15.6. The number of benzene rings is 1. The van der Waals surface area contributed by atoms with Crippen molar-refractivity contribution >= 4 is 11.9 Å². The van der Waals surface area contributed by atoms with Crippen molar-refractivity contribution in [1.82, 2.24) is 4.90 Å². The Hall–Kier alpha value is -1.88. The number of rotatable bonds is 4. The summed E-state index contributed by atoms with van der Waals surface area (Å²) in [5, 5.41) is 9.16. The summed E-state index contributed by atoms with van der Waals surface area (Å²) in [6.07, 6.45) is 0. The molecule has 1 N–H and O–H groups in total. The zero-order valence-electron chi connectivity index (χ0n) is 12.6. The minimum atomic E-state index is -0.924. The number of nitrogens with zero attached hydrogens (tertiary/aromatic N) is 1. The third-order valence-corrected chi connectivity index (χ3v) is 4.01. The first kappa shape index (κ1) is 15.5. The summed E-state index contributed by atoms with van der Waals surface area (Å²) in [5.74, 6) is -1.35. The molecule has 2 unspecified atom stereocenters. The van der Waals surface area contributed by atoms with E-state index in [0.29, 0.717) is 11.5 Å². The van der Waals surface area contributed by atoms with E-state index in [2.05, 4.69) is 13.8 Å². The standard InChI is InChI=1S/C16H21NO4/c1-10(2)11-4-6-12(7-5-11)15(18)17(3)14-9-21-8-13(14)16(19)20/h4-7,10,13-14H,8-9H2,1-3H3,(H,19,20). The molecule has 2 atom stereocenters. The summed E-state index contributed by atoms with van der Waals surface area (Å²) < 4.78 is 5.21. The Morgan fingerprint density at radius 3 is 2.38 bits per heavy atom. The van der Waals surface area contributed by atoms with Gasteiger partial charge in [-0.3, -0.25) is 9.59 Å². The molecule has 0 bridgehead atoms. The maximum absolute atomic E-state index is 12.5. The minimum absolute atomic E-state index is 0.157. The Morgan fingerprint density at radius 1 is 1.24 bits per heavy atom. The number of carboxylic acids is 1. The van der Waals surface area contributed by atoms with Crippen LogP contribution in [0.25, 0.3) is 0 Å². The first-order chi connectivity index (χ1) is 9.91. The number of aliphatic carboxylic acids is 1. The summed E-state index contributed by atoms with van der Waals surface area (Å²) in [6, 6.07) is 7.04. The Balaban J connectivity index is 2.13. The number of carbonyl (C=O) groups excluding carboxylic acids is 1. The predicted octanol–water partition coefficient (Wildman–Crippen LogP) is 1.98. The average Bonchev–Trinajstić information content (AvgIpc) is 2.95.